The normalized spacial score (nSPS) is 10.8. The van der Waals surface area contributed by atoms with Crippen molar-refractivity contribution < 1.29 is 9.53 Å². The predicted molar refractivity (Wildman–Crippen MR) is 84.2 cm³/mol. The molecule has 7 nitrogen and oxygen atoms in total. The Morgan fingerprint density at radius 1 is 1.32 bits per heavy atom. The van der Waals surface area contributed by atoms with E-state index in [1.165, 1.54) is 11.3 Å². The highest BCUT2D eigenvalue weighted by Gasteiger charge is 2.14. The van der Waals surface area contributed by atoms with Crippen LogP contribution in [0.15, 0.2) is 24.3 Å². The van der Waals surface area contributed by atoms with Gasteiger partial charge in [-0.05, 0) is 30.7 Å². The molecular formula is C14H15N5O2S. The number of carbonyl (C=O) groups excluding carboxylic acids is 1. The van der Waals surface area contributed by atoms with Crippen LogP contribution in [0.25, 0.3) is 16.3 Å². The van der Waals surface area contributed by atoms with Gasteiger partial charge in [0.2, 0.25) is 16.0 Å². The molecule has 1 amide bonds. The summed E-state index contributed by atoms with van der Waals surface area (Å²) in [4.78, 5) is 12.3. The number of carbonyl (C=O) groups is 1. The lowest BCUT2D eigenvalue weighted by Crippen LogP contribution is -2.10. The molecule has 1 aromatic carbocycles. The maximum absolute atomic E-state index is 11.6. The van der Waals surface area contributed by atoms with E-state index in [-0.39, 0.29) is 5.91 Å². The van der Waals surface area contributed by atoms with Crippen LogP contribution in [0.2, 0.25) is 0 Å². The predicted octanol–water partition coefficient (Wildman–Crippen LogP) is 2.60. The minimum atomic E-state index is -0.0431. The monoisotopic (exact) mass is 317 g/mol. The number of ether oxygens (including phenoxy) is 1. The van der Waals surface area contributed by atoms with Crippen molar-refractivity contribution in [1.29, 1.82) is 0 Å². The molecule has 0 radical (unpaired) electrons. The number of nitrogens with zero attached hydrogens (tertiary/aromatic N) is 4. The van der Waals surface area contributed by atoms with Crippen LogP contribution in [0.3, 0.4) is 0 Å². The third-order valence-electron chi connectivity index (χ3n) is 3.06. The molecule has 0 aliphatic carbocycles. The lowest BCUT2D eigenvalue weighted by Gasteiger charge is -2.01. The summed E-state index contributed by atoms with van der Waals surface area (Å²) in [5, 5.41) is 15.9. The van der Waals surface area contributed by atoms with Crippen LogP contribution >= 0.6 is 11.3 Å². The fraction of sp³-hybridized carbons (Fsp3) is 0.286. The first-order valence-electron chi connectivity index (χ1n) is 6.87. The Labute approximate surface area is 130 Å². The molecule has 0 spiro atoms. The van der Waals surface area contributed by atoms with E-state index in [4.69, 9.17) is 4.74 Å². The minimum Gasteiger partial charge on any atom is -0.497 e. The number of fused-ring (bicyclic) bond motifs is 1. The Hall–Kier alpha value is -2.48. The number of anilines is 1. The maximum atomic E-state index is 11.6. The van der Waals surface area contributed by atoms with E-state index in [1.807, 2.05) is 31.2 Å². The Balaban J connectivity index is 1.90. The fourth-order valence-corrected chi connectivity index (χ4v) is 2.75. The molecular weight excluding hydrogens is 302 g/mol. The molecule has 2 aromatic heterocycles. The molecule has 0 aliphatic rings. The zero-order chi connectivity index (χ0) is 15.5. The van der Waals surface area contributed by atoms with Crippen molar-refractivity contribution in [3.05, 3.63) is 24.3 Å². The summed E-state index contributed by atoms with van der Waals surface area (Å²) in [6, 6.07) is 7.49. The molecule has 114 valence electrons. The third kappa shape index (κ3) is 2.77. The quantitative estimate of drug-likeness (QED) is 0.782. The lowest BCUT2D eigenvalue weighted by atomic mass is 10.2. The average molecular weight is 317 g/mol. The number of hydrogen-bond acceptors (Lipinski definition) is 6. The van der Waals surface area contributed by atoms with Gasteiger partial charge in [0.05, 0.1) is 7.11 Å². The Morgan fingerprint density at radius 2 is 2.09 bits per heavy atom. The van der Waals surface area contributed by atoms with E-state index in [9.17, 15) is 4.79 Å². The summed E-state index contributed by atoms with van der Waals surface area (Å²) in [6.07, 6.45) is 1.28. The molecule has 2 heterocycles. The first-order valence-corrected chi connectivity index (χ1v) is 7.69. The first kappa shape index (κ1) is 14.5. The lowest BCUT2D eigenvalue weighted by molar-refractivity contribution is -0.116. The molecule has 0 saturated carbocycles. The van der Waals surface area contributed by atoms with Crippen LogP contribution in [-0.4, -0.2) is 32.8 Å². The van der Waals surface area contributed by atoms with Crippen molar-refractivity contribution in [2.45, 2.75) is 19.8 Å². The Kier molecular flexibility index (Phi) is 4.01. The van der Waals surface area contributed by atoms with Gasteiger partial charge in [0.1, 0.15) is 5.75 Å². The smallest absolute Gasteiger partial charge is 0.236 e. The van der Waals surface area contributed by atoms with Gasteiger partial charge < -0.3 is 10.1 Å². The topological polar surface area (TPSA) is 81.4 Å². The molecule has 0 aliphatic heterocycles. The van der Waals surface area contributed by atoms with Crippen molar-refractivity contribution >= 4 is 27.3 Å². The van der Waals surface area contributed by atoms with Crippen LogP contribution < -0.4 is 10.1 Å². The van der Waals surface area contributed by atoms with Gasteiger partial charge in [-0.2, -0.15) is 4.52 Å². The SMILES string of the molecule is CCCC(=O)Nc1nn2c(-c3ccc(OC)cc3)nnc2s1. The summed E-state index contributed by atoms with van der Waals surface area (Å²) in [7, 11) is 1.62. The minimum absolute atomic E-state index is 0.0431. The second-order valence-electron chi connectivity index (χ2n) is 4.65. The Morgan fingerprint density at radius 3 is 2.77 bits per heavy atom. The van der Waals surface area contributed by atoms with Gasteiger partial charge in [-0.1, -0.05) is 18.3 Å². The molecule has 0 saturated heterocycles. The largest absolute Gasteiger partial charge is 0.497 e. The van der Waals surface area contributed by atoms with Crippen LogP contribution in [0.4, 0.5) is 5.13 Å². The molecule has 0 fully saturated rings. The van der Waals surface area contributed by atoms with Gasteiger partial charge in [0, 0.05) is 12.0 Å². The van der Waals surface area contributed by atoms with Crippen molar-refractivity contribution in [1.82, 2.24) is 19.8 Å². The van der Waals surface area contributed by atoms with Crippen molar-refractivity contribution in [3.63, 3.8) is 0 Å². The molecule has 22 heavy (non-hydrogen) atoms. The highest BCUT2D eigenvalue weighted by atomic mass is 32.1. The third-order valence-corrected chi connectivity index (χ3v) is 3.88. The van der Waals surface area contributed by atoms with Gasteiger partial charge in [0.15, 0.2) is 5.82 Å². The molecule has 3 aromatic rings. The van der Waals surface area contributed by atoms with Crippen LogP contribution in [0, 0.1) is 0 Å². The van der Waals surface area contributed by atoms with Crippen molar-refractivity contribution in [2.75, 3.05) is 12.4 Å². The number of hydrogen-bond donors (Lipinski definition) is 1. The van der Waals surface area contributed by atoms with Gasteiger partial charge in [-0.15, -0.1) is 15.3 Å². The first-order chi connectivity index (χ1) is 10.7. The molecule has 3 rings (SSSR count). The van der Waals surface area contributed by atoms with Crippen LogP contribution in [0.1, 0.15) is 19.8 Å². The van der Waals surface area contributed by atoms with E-state index >= 15 is 0 Å². The summed E-state index contributed by atoms with van der Waals surface area (Å²) >= 11 is 1.30. The second kappa shape index (κ2) is 6.10. The van der Waals surface area contributed by atoms with Gasteiger partial charge in [0.25, 0.3) is 0 Å². The summed E-state index contributed by atoms with van der Waals surface area (Å²) in [5.74, 6) is 1.36. The highest BCUT2D eigenvalue weighted by Crippen LogP contribution is 2.25. The van der Waals surface area contributed by atoms with E-state index in [2.05, 4.69) is 20.6 Å². The summed E-state index contributed by atoms with van der Waals surface area (Å²) in [5.41, 5.74) is 0.880. The molecule has 1 N–H and O–H groups in total. The van der Waals surface area contributed by atoms with E-state index in [0.717, 1.165) is 17.7 Å². The number of amides is 1. The van der Waals surface area contributed by atoms with Crippen LogP contribution in [-0.2, 0) is 4.79 Å². The average Bonchev–Trinajstić information content (AvgIpc) is 3.07. The Bertz CT molecular complexity index is 793. The highest BCUT2D eigenvalue weighted by molar-refractivity contribution is 7.20. The molecule has 0 bridgehead atoms. The van der Waals surface area contributed by atoms with Crippen LogP contribution in [0.5, 0.6) is 5.75 Å². The zero-order valence-corrected chi connectivity index (χ0v) is 13.1. The fourth-order valence-electron chi connectivity index (χ4n) is 2.00. The molecule has 0 atom stereocenters. The number of methoxy groups -OCH3 is 1. The zero-order valence-electron chi connectivity index (χ0n) is 12.2. The van der Waals surface area contributed by atoms with Gasteiger partial charge in [-0.3, -0.25) is 4.79 Å². The number of aromatic nitrogens is 4. The number of nitrogens with one attached hydrogen (secondary N) is 1. The van der Waals surface area contributed by atoms with E-state index < -0.39 is 0 Å². The number of rotatable bonds is 5. The van der Waals surface area contributed by atoms with E-state index in [1.54, 1.807) is 11.6 Å². The van der Waals surface area contributed by atoms with Gasteiger partial charge in [-0.25, -0.2) is 0 Å². The summed E-state index contributed by atoms with van der Waals surface area (Å²) in [6.45, 7) is 1.96. The van der Waals surface area contributed by atoms with Crippen molar-refractivity contribution in [2.24, 2.45) is 0 Å². The van der Waals surface area contributed by atoms with Crippen molar-refractivity contribution in [3.8, 4) is 17.1 Å². The van der Waals surface area contributed by atoms with Gasteiger partial charge >= 0.3 is 0 Å². The maximum Gasteiger partial charge on any atom is 0.236 e. The number of benzene rings is 1. The van der Waals surface area contributed by atoms with E-state index in [0.29, 0.717) is 22.3 Å². The summed E-state index contributed by atoms with van der Waals surface area (Å²) < 4.78 is 6.77. The standard InChI is InChI=1S/C14H15N5O2S/c1-3-4-11(20)15-13-18-19-12(16-17-14(19)22-13)9-5-7-10(21-2)8-6-9/h5-8H,3-4H2,1-2H3,(H,15,18,20). The second-order valence-corrected chi connectivity index (χ2v) is 5.61. The molecule has 8 heteroatoms. The molecule has 0 unspecified atom stereocenters.